The molecule has 0 unspecified atom stereocenters. The van der Waals surface area contributed by atoms with E-state index in [0.717, 1.165) is 5.56 Å². The van der Waals surface area contributed by atoms with Gasteiger partial charge in [-0.1, -0.05) is 12.1 Å². The number of nitrogens with one attached hydrogen (secondary N) is 3. The Morgan fingerprint density at radius 3 is 2.35 bits per heavy atom. The van der Waals surface area contributed by atoms with Crippen molar-refractivity contribution in [2.24, 2.45) is 0 Å². The van der Waals surface area contributed by atoms with Gasteiger partial charge in [0, 0.05) is 50.1 Å². The Labute approximate surface area is 214 Å². The van der Waals surface area contributed by atoms with Gasteiger partial charge in [-0.2, -0.15) is 0 Å². The highest BCUT2D eigenvalue weighted by atomic mass is 19.1. The van der Waals surface area contributed by atoms with Crippen LogP contribution in [0.5, 0.6) is 0 Å². The van der Waals surface area contributed by atoms with Crippen LogP contribution in [-0.4, -0.2) is 55.0 Å². The quantitative estimate of drug-likeness (QED) is 0.451. The van der Waals surface area contributed by atoms with E-state index in [0.29, 0.717) is 43.1 Å². The normalized spacial score (nSPS) is 13.4. The van der Waals surface area contributed by atoms with E-state index >= 15 is 0 Å². The van der Waals surface area contributed by atoms with Crippen LogP contribution in [-0.2, 0) is 6.54 Å². The van der Waals surface area contributed by atoms with Gasteiger partial charge in [-0.3, -0.25) is 9.59 Å². The number of halogens is 1. The first kappa shape index (κ1) is 25.7. The Morgan fingerprint density at radius 1 is 0.973 bits per heavy atom. The maximum absolute atomic E-state index is 13.3. The second-order valence-corrected chi connectivity index (χ2v) is 9.05. The molecule has 1 fully saturated rings. The minimum absolute atomic E-state index is 0.0471. The molecule has 0 bridgehead atoms. The Hall–Kier alpha value is -4.34. The van der Waals surface area contributed by atoms with Crippen molar-refractivity contribution in [3.63, 3.8) is 0 Å². The summed E-state index contributed by atoms with van der Waals surface area (Å²) in [5.41, 5.74) is 2.26. The van der Waals surface area contributed by atoms with Gasteiger partial charge in [-0.15, -0.1) is 0 Å². The van der Waals surface area contributed by atoms with Crippen molar-refractivity contribution >= 4 is 29.2 Å². The first-order chi connectivity index (χ1) is 17.8. The maximum Gasteiger partial charge on any atom is 0.317 e. The number of hydrogen-bond acceptors (Lipinski definition) is 5. The van der Waals surface area contributed by atoms with Gasteiger partial charge in [0.15, 0.2) is 5.76 Å². The van der Waals surface area contributed by atoms with Crippen molar-refractivity contribution in [2.75, 3.05) is 36.4 Å². The van der Waals surface area contributed by atoms with E-state index in [1.54, 1.807) is 47.4 Å². The zero-order valence-corrected chi connectivity index (χ0v) is 20.8. The predicted molar refractivity (Wildman–Crippen MR) is 138 cm³/mol. The van der Waals surface area contributed by atoms with Crippen LogP contribution in [0.3, 0.4) is 0 Å². The molecule has 3 aromatic rings. The van der Waals surface area contributed by atoms with Crippen molar-refractivity contribution in [2.45, 2.75) is 26.4 Å². The molecule has 1 aromatic heterocycles. The van der Waals surface area contributed by atoms with Crippen molar-refractivity contribution < 1.29 is 23.2 Å². The number of carbonyl (C=O) groups is 3. The van der Waals surface area contributed by atoms with Crippen molar-refractivity contribution in [1.29, 1.82) is 0 Å². The summed E-state index contributed by atoms with van der Waals surface area (Å²) in [6.07, 6.45) is 1.41. The fourth-order valence-electron chi connectivity index (χ4n) is 4.04. The van der Waals surface area contributed by atoms with Crippen LogP contribution in [0.15, 0.2) is 65.3 Å². The van der Waals surface area contributed by atoms with Crippen LogP contribution in [0, 0.1) is 5.82 Å². The van der Waals surface area contributed by atoms with Crippen molar-refractivity contribution in [3.8, 4) is 0 Å². The summed E-state index contributed by atoms with van der Waals surface area (Å²) in [5.74, 6) is -0.964. The van der Waals surface area contributed by atoms with Gasteiger partial charge >= 0.3 is 6.03 Å². The molecular weight excluding hydrogens is 477 g/mol. The van der Waals surface area contributed by atoms with Crippen molar-refractivity contribution in [3.05, 3.63) is 83.6 Å². The van der Waals surface area contributed by atoms with Gasteiger partial charge < -0.3 is 30.2 Å². The fraction of sp³-hybridized carbons (Fsp3) is 0.296. The van der Waals surface area contributed by atoms with E-state index in [1.165, 1.54) is 18.4 Å². The summed E-state index contributed by atoms with van der Waals surface area (Å²) >= 11 is 0. The molecule has 2 heterocycles. The highest BCUT2D eigenvalue weighted by molar-refractivity contribution is 6.05. The summed E-state index contributed by atoms with van der Waals surface area (Å²) < 4.78 is 18.4. The smallest absolute Gasteiger partial charge is 0.317 e. The van der Waals surface area contributed by atoms with Crippen LogP contribution in [0.2, 0.25) is 0 Å². The molecule has 37 heavy (non-hydrogen) atoms. The minimum atomic E-state index is -0.430. The summed E-state index contributed by atoms with van der Waals surface area (Å²) in [7, 11) is 0. The maximum atomic E-state index is 13.3. The molecule has 2 aromatic carbocycles. The molecule has 194 valence electrons. The van der Waals surface area contributed by atoms with Gasteiger partial charge in [0.1, 0.15) is 5.82 Å². The van der Waals surface area contributed by atoms with Crippen LogP contribution in [0.4, 0.5) is 20.6 Å². The van der Waals surface area contributed by atoms with Crippen LogP contribution >= 0.6 is 0 Å². The Bertz CT molecular complexity index is 1240. The predicted octanol–water partition coefficient (Wildman–Crippen LogP) is 3.84. The monoisotopic (exact) mass is 507 g/mol. The first-order valence-electron chi connectivity index (χ1n) is 12.1. The third kappa shape index (κ3) is 6.66. The van der Waals surface area contributed by atoms with Crippen LogP contribution in [0.1, 0.15) is 40.3 Å². The molecule has 0 saturated carbocycles. The molecule has 0 spiro atoms. The zero-order chi connectivity index (χ0) is 26.4. The van der Waals surface area contributed by atoms with Gasteiger partial charge in [0.2, 0.25) is 0 Å². The molecular formula is C27H30FN5O4. The van der Waals surface area contributed by atoms with E-state index in [2.05, 4.69) is 16.0 Å². The summed E-state index contributed by atoms with van der Waals surface area (Å²) in [4.78, 5) is 41.9. The fourth-order valence-corrected chi connectivity index (χ4v) is 4.04. The van der Waals surface area contributed by atoms with E-state index in [4.69, 9.17) is 4.42 Å². The lowest BCUT2D eigenvalue weighted by molar-refractivity contribution is 0.0949. The molecule has 9 nitrogen and oxygen atoms in total. The molecule has 0 radical (unpaired) electrons. The summed E-state index contributed by atoms with van der Waals surface area (Å²) in [5, 5.41) is 8.54. The second-order valence-electron chi connectivity index (χ2n) is 9.05. The van der Waals surface area contributed by atoms with Crippen molar-refractivity contribution in [1.82, 2.24) is 15.5 Å². The number of urea groups is 1. The minimum Gasteiger partial charge on any atom is -0.459 e. The Balaban J connectivity index is 1.52. The lowest BCUT2D eigenvalue weighted by Gasteiger charge is -2.37. The number of hydrogen-bond donors (Lipinski definition) is 3. The number of anilines is 2. The highest BCUT2D eigenvalue weighted by Crippen LogP contribution is 2.26. The van der Waals surface area contributed by atoms with Gasteiger partial charge in [-0.25, -0.2) is 9.18 Å². The summed E-state index contributed by atoms with van der Waals surface area (Å²) in [6, 6.07) is 14.1. The number of nitrogens with zero attached hydrogens (tertiary/aromatic N) is 2. The second kappa shape index (κ2) is 11.6. The van der Waals surface area contributed by atoms with Crippen LogP contribution in [0.25, 0.3) is 0 Å². The standard InChI is InChI=1S/C27H30FN5O4/c1-18(2)30-27(36)33-13-11-32(12-14-33)23-10-9-21(31-26(35)24-4-3-15-37-24)16-22(23)25(34)29-17-19-5-7-20(28)8-6-19/h3-10,15-16,18H,11-14,17H2,1-2H3,(H,29,34)(H,30,36)(H,31,35). The molecule has 4 amide bonds. The number of piperazine rings is 1. The topological polar surface area (TPSA) is 107 Å². The Morgan fingerprint density at radius 2 is 1.70 bits per heavy atom. The number of benzene rings is 2. The molecule has 1 aliphatic heterocycles. The molecule has 1 aliphatic rings. The molecule has 1 saturated heterocycles. The van der Waals surface area contributed by atoms with E-state index in [9.17, 15) is 18.8 Å². The largest absolute Gasteiger partial charge is 0.459 e. The summed E-state index contributed by atoms with van der Waals surface area (Å²) in [6.45, 7) is 6.14. The van der Waals surface area contributed by atoms with Gasteiger partial charge in [-0.05, 0) is 61.9 Å². The van der Waals surface area contributed by atoms with E-state index in [-0.39, 0.29) is 36.1 Å². The molecule has 10 heteroatoms. The van der Waals surface area contributed by atoms with E-state index in [1.807, 2.05) is 18.7 Å². The molecule has 4 rings (SSSR count). The number of carbonyl (C=O) groups excluding carboxylic acids is 3. The molecule has 0 atom stereocenters. The number of amides is 4. The molecule has 3 N–H and O–H groups in total. The lowest BCUT2D eigenvalue weighted by Crippen LogP contribution is -2.53. The average molecular weight is 508 g/mol. The van der Waals surface area contributed by atoms with E-state index < -0.39 is 5.91 Å². The third-order valence-electron chi connectivity index (χ3n) is 5.93. The van der Waals surface area contributed by atoms with Gasteiger partial charge in [0.05, 0.1) is 11.8 Å². The lowest BCUT2D eigenvalue weighted by atomic mass is 10.1. The number of furan rings is 1. The average Bonchev–Trinajstić information content (AvgIpc) is 3.43. The SMILES string of the molecule is CC(C)NC(=O)N1CCN(c2ccc(NC(=O)c3ccco3)cc2C(=O)NCc2ccc(F)cc2)CC1. The highest BCUT2D eigenvalue weighted by Gasteiger charge is 2.25. The molecule has 0 aliphatic carbocycles. The third-order valence-corrected chi connectivity index (χ3v) is 5.93. The Kier molecular flexibility index (Phi) is 8.07. The zero-order valence-electron chi connectivity index (χ0n) is 20.8. The first-order valence-corrected chi connectivity index (χ1v) is 12.1. The number of rotatable bonds is 7. The van der Waals surface area contributed by atoms with Gasteiger partial charge in [0.25, 0.3) is 11.8 Å². The van der Waals surface area contributed by atoms with Crippen LogP contribution < -0.4 is 20.9 Å².